The first-order valence-electron chi connectivity index (χ1n) is 11.5. The van der Waals surface area contributed by atoms with Crippen LogP contribution in [0, 0.1) is 0 Å². The normalized spacial score (nSPS) is 19.9. The Morgan fingerprint density at radius 1 is 1.12 bits per heavy atom. The molecule has 6 nitrogen and oxygen atoms in total. The molecule has 5 heterocycles. The Morgan fingerprint density at radius 3 is 2.76 bits per heavy atom. The van der Waals surface area contributed by atoms with Gasteiger partial charge in [0.15, 0.2) is 0 Å². The van der Waals surface area contributed by atoms with Crippen LogP contribution in [-0.2, 0) is 4.79 Å². The molecule has 0 radical (unpaired) electrons. The smallest absolute Gasteiger partial charge is 0.257 e. The minimum atomic E-state index is -0.0542. The molecule has 1 unspecified atom stereocenters. The molecule has 2 aliphatic rings. The van der Waals surface area contributed by atoms with Crippen molar-refractivity contribution in [2.75, 3.05) is 19.6 Å². The first-order valence-corrected chi connectivity index (χ1v) is 12.4. The summed E-state index contributed by atoms with van der Waals surface area (Å²) in [5.74, 6) is 1.31. The summed E-state index contributed by atoms with van der Waals surface area (Å²) in [4.78, 5) is 20.4. The molecule has 7 heteroatoms. The molecule has 33 heavy (non-hydrogen) atoms. The number of nitrogens with zero attached hydrogens (tertiary/aromatic N) is 3. The molecule has 0 saturated carbocycles. The number of furan rings is 1. The number of piperidine rings is 1. The van der Waals surface area contributed by atoms with Crippen molar-refractivity contribution in [1.82, 2.24) is 14.9 Å². The lowest BCUT2D eigenvalue weighted by Crippen LogP contribution is -2.41. The van der Waals surface area contributed by atoms with Crippen LogP contribution in [0.3, 0.4) is 0 Å². The number of hydrazone groups is 1. The third kappa shape index (κ3) is 4.03. The lowest BCUT2D eigenvalue weighted by Gasteiger charge is -2.32. The zero-order chi connectivity index (χ0) is 22.2. The molecule has 0 aliphatic carbocycles. The van der Waals surface area contributed by atoms with Crippen LogP contribution in [0.5, 0.6) is 0 Å². The van der Waals surface area contributed by atoms with Gasteiger partial charge in [-0.3, -0.25) is 9.69 Å². The van der Waals surface area contributed by atoms with E-state index in [9.17, 15) is 4.79 Å². The van der Waals surface area contributed by atoms with Gasteiger partial charge in [-0.15, -0.1) is 11.3 Å². The van der Waals surface area contributed by atoms with Gasteiger partial charge in [0.25, 0.3) is 5.91 Å². The topological polar surface area (TPSA) is 64.8 Å². The van der Waals surface area contributed by atoms with Crippen molar-refractivity contribution in [2.45, 2.75) is 31.2 Å². The lowest BCUT2D eigenvalue weighted by atomic mass is 9.93. The average Bonchev–Trinajstić information content (AvgIpc) is 3.64. The summed E-state index contributed by atoms with van der Waals surface area (Å²) in [6.07, 6.45) is 4.44. The zero-order valence-electron chi connectivity index (χ0n) is 18.3. The van der Waals surface area contributed by atoms with Gasteiger partial charge in [0, 0.05) is 28.4 Å². The van der Waals surface area contributed by atoms with Crippen molar-refractivity contribution in [1.29, 1.82) is 0 Å². The average molecular weight is 459 g/mol. The molecule has 2 aliphatic heterocycles. The van der Waals surface area contributed by atoms with Gasteiger partial charge < -0.3 is 9.40 Å². The Hall–Kier alpha value is -3.16. The summed E-state index contributed by atoms with van der Waals surface area (Å²) >= 11 is 1.67. The van der Waals surface area contributed by atoms with Gasteiger partial charge >= 0.3 is 0 Å². The van der Waals surface area contributed by atoms with Crippen LogP contribution < -0.4 is 0 Å². The van der Waals surface area contributed by atoms with Crippen molar-refractivity contribution in [3.63, 3.8) is 0 Å². The maximum absolute atomic E-state index is 13.3. The number of nitrogens with one attached hydrogen (secondary N) is 1. The second-order valence-electron chi connectivity index (χ2n) is 8.86. The van der Waals surface area contributed by atoms with Gasteiger partial charge in [0.2, 0.25) is 0 Å². The number of H-pyrrole nitrogens is 1. The van der Waals surface area contributed by atoms with Crippen LogP contribution in [0.2, 0.25) is 0 Å². The second-order valence-corrected chi connectivity index (χ2v) is 9.84. The molecule has 1 fully saturated rings. The number of carbonyl (C=O) groups is 1. The van der Waals surface area contributed by atoms with Gasteiger partial charge in [-0.1, -0.05) is 24.3 Å². The van der Waals surface area contributed by atoms with Gasteiger partial charge in [0.05, 0.1) is 18.8 Å². The van der Waals surface area contributed by atoms with Crippen molar-refractivity contribution in [2.24, 2.45) is 5.10 Å². The molecule has 3 aromatic heterocycles. The van der Waals surface area contributed by atoms with Crippen molar-refractivity contribution >= 4 is 33.9 Å². The monoisotopic (exact) mass is 458 g/mol. The van der Waals surface area contributed by atoms with E-state index in [1.807, 2.05) is 18.2 Å². The van der Waals surface area contributed by atoms with Crippen LogP contribution in [0.1, 0.15) is 47.6 Å². The van der Waals surface area contributed by atoms with E-state index in [0.29, 0.717) is 18.9 Å². The Labute approximate surface area is 196 Å². The number of hydrogen-bond donors (Lipinski definition) is 1. The number of para-hydroxylation sites is 1. The number of aromatic nitrogens is 1. The largest absolute Gasteiger partial charge is 0.463 e. The summed E-state index contributed by atoms with van der Waals surface area (Å²) in [5.41, 5.74) is 3.35. The molecule has 0 bridgehead atoms. The predicted molar refractivity (Wildman–Crippen MR) is 130 cm³/mol. The summed E-state index contributed by atoms with van der Waals surface area (Å²) in [6.45, 7) is 2.23. The van der Waals surface area contributed by atoms with E-state index < -0.39 is 0 Å². The Balaban J connectivity index is 1.13. The van der Waals surface area contributed by atoms with E-state index in [4.69, 9.17) is 9.52 Å². The quantitative estimate of drug-likeness (QED) is 0.437. The first kappa shape index (κ1) is 20.4. The molecule has 1 amide bonds. The van der Waals surface area contributed by atoms with E-state index in [1.165, 1.54) is 16.6 Å². The number of amides is 1. The molecular weight excluding hydrogens is 432 g/mol. The maximum Gasteiger partial charge on any atom is 0.257 e. The molecule has 1 N–H and O–H groups in total. The number of fused-ring (bicyclic) bond motifs is 1. The Bertz CT molecular complexity index is 1230. The van der Waals surface area contributed by atoms with Crippen LogP contribution in [0.4, 0.5) is 0 Å². The second kappa shape index (κ2) is 8.65. The summed E-state index contributed by atoms with van der Waals surface area (Å²) < 4.78 is 5.56. The minimum absolute atomic E-state index is 0.0542. The number of likely N-dealkylation sites (tertiary alicyclic amines) is 1. The van der Waals surface area contributed by atoms with Gasteiger partial charge in [-0.2, -0.15) is 5.10 Å². The van der Waals surface area contributed by atoms with E-state index in [1.54, 1.807) is 22.6 Å². The number of benzene rings is 1. The van der Waals surface area contributed by atoms with Gasteiger partial charge in [-0.05, 0) is 67.0 Å². The molecule has 1 saturated heterocycles. The van der Waals surface area contributed by atoms with Gasteiger partial charge in [0.1, 0.15) is 11.5 Å². The predicted octanol–water partition coefficient (Wildman–Crippen LogP) is 5.38. The molecule has 6 rings (SSSR count). The Kier molecular flexibility index (Phi) is 5.36. The molecule has 1 aromatic carbocycles. The fraction of sp³-hybridized carbons (Fsp3) is 0.308. The standard InChI is InChI=1S/C26H26N4O2S/c31-26(30-23(25-8-4-14-33-25)16-22(28-30)24-7-3-13-32-24)17-29-11-9-18(10-12-29)21-15-19-5-1-2-6-20(19)27-21/h1-8,13-15,18,23,27H,9-12,16-17H2. The third-order valence-electron chi connectivity index (χ3n) is 6.78. The highest BCUT2D eigenvalue weighted by Gasteiger charge is 2.35. The zero-order valence-corrected chi connectivity index (χ0v) is 19.1. The van der Waals surface area contributed by atoms with Crippen LogP contribution >= 0.6 is 11.3 Å². The summed E-state index contributed by atoms with van der Waals surface area (Å²) in [7, 11) is 0. The van der Waals surface area contributed by atoms with Crippen molar-refractivity contribution < 1.29 is 9.21 Å². The number of thiophene rings is 1. The van der Waals surface area contributed by atoms with Crippen molar-refractivity contribution in [3.05, 3.63) is 82.6 Å². The SMILES string of the molecule is O=C(CN1CCC(c2cc3ccccc3[nH]2)CC1)N1N=C(c2ccco2)CC1c1cccs1. The third-order valence-corrected chi connectivity index (χ3v) is 7.75. The fourth-order valence-corrected chi connectivity index (χ4v) is 5.83. The minimum Gasteiger partial charge on any atom is -0.463 e. The summed E-state index contributed by atoms with van der Waals surface area (Å²) in [6, 6.07) is 18.5. The molecule has 0 spiro atoms. The summed E-state index contributed by atoms with van der Waals surface area (Å²) in [5, 5.41) is 9.71. The first-order chi connectivity index (χ1) is 16.2. The Morgan fingerprint density at radius 2 is 2.00 bits per heavy atom. The number of aromatic amines is 1. The number of carbonyl (C=O) groups excluding carboxylic acids is 1. The van der Waals surface area contributed by atoms with Crippen molar-refractivity contribution in [3.8, 4) is 0 Å². The van der Waals surface area contributed by atoms with E-state index in [-0.39, 0.29) is 11.9 Å². The van der Waals surface area contributed by atoms with E-state index >= 15 is 0 Å². The van der Waals surface area contributed by atoms with Crippen LogP contribution in [0.25, 0.3) is 10.9 Å². The molecular formula is C26H26N4O2S. The molecule has 168 valence electrons. The van der Waals surface area contributed by atoms with Crippen LogP contribution in [0.15, 0.2) is 75.8 Å². The highest BCUT2D eigenvalue weighted by Crippen LogP contribution is 2.36. The molecule has 1 atom stereocenters. The molecule has 4 aromatic rings. The number of rotatable bonds is 5. The fourth-order valence-electron chi connectivity index (χ4n) is 5.02. The highest BCUT2D eigenvalue weighted by molar-refractivity contribution is 7.10. The number of hydrogen-bond acceptors (Lipinski definition) is 5. The van der Waals surface area contributed by atoms with Gasteiger partial charge in [-0.25, -0.2) is 5.01 Å². The van der Waals surface area contributed by atoms with Crippen LogP contribution in [-0.4, -0.2) is 46.1 Å². The van der Waals surface area contributed by atoms with E-state index in [2.05, 4.69) is 51.7 Å². The lowest BCUT2D eigenvalue weighted by molar-refractivity contribution is -0.134. The highest BCUT2D eigenvalue weighted by atomic mass is 32.1. The van der Waals surface area contributed by atoms with E-state index in [0.717, 1.165) is 42.3 Å². The maximum atomic E-state index is 13.3.